The van der Waals surface area contributed by atoms with Crippen LogP contribution in [0.25, 0.3) is 22.2 Å². The number of pyridine rings is 2. The highest BCUT2D eigenvalue weighted by molar-refractivity contribution is 6.31. The number of carbonyl (C=O) groups excluding carboxylic acids is 2. The zero-order chi connectivity index (χ0) is 33.2. The Kier molecular flexibility index (Phi) is 7.59. The summed E-state index contributed by atoms with van der Waals surface area (Å²) in [7, 11) is 0. The van der Waals surface area contributed by atoms with Gasteiger partial charge in [-0.3, -0.25) is 14.6 Å². The Bertz CT molecular complexity index is 1920. The number of rotatable bonds is 9. The van der Waals surface area contributed by atoms with Gasteiger partial charge in [-0.05, 0) is 74.7 Å². The Morgan fingerprint density at radius 1 is 1.22 bits per heavy atom. The van der Waals surface area contributed by atoms with Crippen molar-refractivity contribution in [3.8, 4) is 22.8 Å². The number of primary amides is 1. The number of nitrogens with two attached hydrogens (primary N) is 1. The number of nitrogens with one attached hydrogen (secondary N) is 1. The quantitative estimate of drug-likeness (QED) is 0.209. The van der Waals surface area contributed by atoms with Gasteiger partial charge in [-0.15, -0.1) is 0 Å². The van der Waals surface area contributed by atoms with Crippen LogP contribution in [0.1, 0.15) is 46.9 Å². The van der Waals surface area contributed by atoms with Crippen molar-refractivity contribution in [1.82, 2.24) is 15.3 Å². The third kappa shape index (κ3) is 5.26. The first-order valence-electron chi connectivity index (χ1n) is 14.1. The smallest absolute Gasteiger partial charge is 0.387 e. The number of fused-ring (bicyclic) bond motifs is 2. The molecule has 0 bridgehead atoms. The lowest BCUT2D eigenvalue weighted by atomic mass is 9.80. The number of hydrogen-bond acceptors (Lipinski definition) is 7. The van der Waals surface area contributed by atoms with Crippen LogP contribution in [0.3, 0.4) is 0 Å². The minimum Gasteiger partial charge on any atom is -0.489 e. The summed E-state index contributed by atoms with van der Waals surface area (Å²) >= 11 is 6.03. The van der Waals surface area contributed by atoms with Crippen molar-refractivity contribution in [3.05, 3.63) is 81.9 Å². The molecule has 2 aromatic carbocycles. The molecule has 1 saturated carbocycles. The highest BCUT2D eigenvalue weighted by atomic mass is 35.5. The van der Waals surface area contributed by atoms with Crippen molar-refractivity contribution >= 4 is 34.3 Å². The summed E-state index contributed by atoms with van der Waals surface area (Å²) in [5.41, 5.74) is 0.577. The third-order valence-corrected chi connectivity index (χ3v) is 8.82. The van der Waals surface area contributed by atoms with Gasteiger partial charge < -0.3 is 25.6 Å². The summed E-state index contributed by atoms with van der Waals surface area (Å²) in [5, 5.41) is 14.7. The molecular formula is C32H27ClF4N4O5. The predicted molar refractivity (Wildman–Crippen MR) is 159 cm³/mol. The summed E-state index contributed by atoms with van der Waals surface area (Å²) in [5.74, 6) is -2.52. The van der Waals surface area contributed by atoms with Gasteiger partial charge in [0.2, 0.25) is 5.91 Å². The molecule has 3 heterocycles. The zero-order valence-corrected chi connectivity index (χ0v) is 25.2. The summed E-state index contributed by atoms with van der Waals surface area (Å²) in [6, 6.07) is 9.14. The predicted octanol–water partition coefficient (Wildman–Crippen LogP) is 5.25. The van der Waals surface area contributed by atoms with E-state index in [4.69, 9.17) is 22.1 Å². The van der Waals surface area contributed by atoms with Gasteiger partial charge >= 0.3 is 6.61 Å². The van der Waals surface area contributed by atoms with Crippen LogP contribution in [0.2, 0.25) is 5.02 Å². The summed E-state index contributed by atoms with van der Waals surface area (Å²) in [6.07, 6.45) is 1.31. The fourth-order valence-electron chi connectivity index (χ4n) is 5.59. The van der Waals surface area contributed by atoms with Gasteiger partial charge in [-0.1, -0.05) is 11.6 Å². The van der Waals surface area contributed by atoms with Crippen molar-refractivity contribution in [2.45, 2.75) is 50.0 Å². The first-order valence-corrected chi connectivity index (χ1v) is 14.5. The Balaban J connectivity index is 1.42. The van der Waals surface area contributed by atoms with E-state index in [1.807, 2.05) is 0 Å². The molecule has 2 aliphatic rings. The topological polar surface area (TPSA) is 137 Å². The zero-order valence-electron chi connectivity index (χ0n) is 24.5. The number of aliphatic hydroxyl groups is 1. The van der Waals surface area contributed by atoms with E-state index in [9.17, 15) is 27.9 Å². The molecule has 4 aromatic rings. The molecule has 240 valence electrons. The van der Waals surface area contributed by atoms with Crippen molar-refractivity contribution in [3.63, 3.8) is 0 Å². The second-order valence-electron chi connectivity index (χ2n) is 11.8. The van der Waals surface area contributed by atoms with E-state index in [2.05, 4.69) is 20.0 Å². The molecule has 0 spiro atoms. The summed E-state index contributed by atoms with van der Waals surface area (Å²) < 4.78 is 67.0. The van der Waals surface area contributed by atoms with Crippen LogP contribution in [0.15, 0.2) is 48.7 Å². The number of benzene rings is 2. The lowest BCUT2D eigenvalue weighted by molar-refractivity contribution is -0.123. The Morgan fingerprint density at radius 3 is 2.61 bits per heavy atom. The molecule has 2 aromatic heterocycles. The molecule has 0 saturated heterocycles. The number of nitrogens with zero attached hydrogens (tertiary/aromatic N) is 2. The number of amides is 2. The summed E-state index contributed by atoms with van der Waals surface area (Å²) in [6.45, 7) is -0.830. The van der Waals surface area contributed by atoms with Gasteiger partial charge in [0.25, 0.3) is 5.91 Å². The lowest BCUT2D eigenvalue weighted by Crippen LogP contribution is -2.49. The molecule has 14 heteroatoms. The van der Waals surface area contributed by atoms with Crippen molar-refractivity contribution in [2.24, 2.45) is 5.73 Å². The highest BCUT2D eigenvalue weighted by Gasteiger charge is 2.62. The molecule has 9 nitrogen and oxygen atoms in total. The number of ether oxygens (including phenoxy) is 2. The molecule has 1 fully saturated rings. The van der Waals surface area contributed by atoms with E-state index >= 15 is 4.39 Å². The van der Waals surface area contributed by atoms with Gasteiger partial charge in [0.05, 0.1) is 17.3 Å². The van der Waals surface area contributed by atoms with Gasteiger partial charge in [0.15, 0.2) is 11.4 Å². The largest absolute Gasteiger partial charge is 0.489 e. The SMILES string of the molecule is Cc1cnc2c(OC(F)F)cc(C(=O)NC[C@](O)(c3cc4c(c(-c5ccc(F)c(Cl)c5)n3)OC[C@]4(C)C(N)=O)C3(F)CC3)cc2c1. The van der Waals surface area contributed by atoms with E-state index in [0.29, 0.717) is 10.9 Å². The standard InChI is InChI=1S/C32H27ClF4N4O5/c1-15-7-17-8-18(10-22(46-29(35)36)24(17)39-12-15)27(42)40-13-32(44,31(37)5-6-31)23-11-19-26(45-14-30(19,2)28(38)43)25(41-23)16-3-4-21(34)20(33)9-16/h3-4,7-12,29,44H,5-6,13-14H2,1-2H3,(H2,38,43)(H,40,42)/t30-,32-/m0/s1. The molecule has 1 aliphatic heterocycles. The molecule has 0 unspecified atom stereocenters. The van der Waals surface area contributed by atoms with Crippen molar-refractivity contribution < 1.29 is 41.7 Å². The number of halogens is 5. The Morgan fingerprint density at radius 2 is 1.96 bits per heavy atom. The van der Waals surface area contributed by atoms with Crippen molar-refractivity contribution in [1.29, 1.82) is 0 Å². The third-order valence-electron chi connectivity index (χ3n) is 8.53. The normalized spacial score (nSPS) is 19.3. The van der Waals surface area contributed by atoms with Crippen LogP contribution in [-0.2, 0) is 15.8 Å². The number of carbonyl (C=O) groups is 2. The van der Waals surface area contributed by atoms with E-state index in [1.165, 1.54) is 37.4 Å². The van der Waals surface area contributed by atoms with Crippen LogP contribution in [0.4, 0.5) is 17.6 Å². The van der Waals surface area contributed by atoms with Crippen molar-refractivity contribution in [2.75, 3.05) is 13.2 Å². The highest BCUT2D eigenvalue weighted by Crippen LogP contribution is 2.55. The number of alkyl halides is 3. The van der Waals surface area contributed by atoms with Crippen LogP contribution in [-0.4, -0.2) is 52.3 Å². The average molecular weight is 659 g/mol. The van der Waals surface area contributed by atoms with Crippen LogP contribution < -0.4 is 20.5 Å². The van der Waals surface area contributed by atoms with E-state index in [0.717, 1.165) is 12.1 Å². The van der Waals surface area contributed by atoms with Gasteiger partial charge in [0.1, 0.15) is 40.5 Å². The monoisotopic (exact) mass is 658 g/mol. The van der Waals surface area contributed by atoms with Crippen LogP contribution in [0.5, 0.6) is 11.5 Å². The lowest BCUT2D eigenvalue weighted by Gasteiger charge is -2.33. The molecule has 1 aliphatic carbocycles. The molecule has 46 heavy (non-hydrogen) atoms. The summed E-state index contributed by atoms with van der Waals surface area (Å²) in [4.78, 5) is 34.7. The molecule has 4 N–H and O–H groups in total. The van der Waals surface area contributed by atoms with Crippen LogP contribution in [0, 0.1) is 12.7 Å². The average Bonchev–Trinajstić information content (AvgIpc) is 3.67. The first kappa shape index (κ1) is 31.5. The molecular weight excluding hydrogens is 632 g/mol. The van der Waals surface area contributed by atoms with E-state index in [-0.39, 0.29) is 69.6 Å². The second-order valence-corrected chi connectivity index (χ2v) is 12.2. The van der Waals surface area contributed by atoms with Gasteiger partial charge in [0, 0.05) is 28.3 Å². The second kappa shape index (κ2) is 11.1. The first-order chi connectivity index (χ1) is 21.6. The Labute approximate surface area is 264 Å². The van der Waals surface area contributed by atoms with E-state index in [1.54, 1.807) is 13.0 Å². The molecule has 6 rings (SSSR count). The molecule has 2 amide bonds. The maximum atomic E-state index is 16.2. The minimum absolute atomic E-state index is 0.0413. The van der Waals surface area contributed by atoms with Gasteiger partial charge in [-0.2, -0.15) is 8.78 Å². The maximum absolute atomic E-state index is 16.2. The van der Waals surface area contributed by atoms with E-state index < -0.39 is 47.5 Å². The van der Waals surface area contributed by atoms with Gasteiger partial charge in [-0.25, -0.2) is 13.8 Å². The fraction of sp³-hybridized carbons (Fsp3) is 0.312. The number of aromatic nitrogens is 2. The number of hydrogen-bond donors (Lipinski definition) is 3. The maximum Gasteiger partial charge on any atom is 0.387 e. The fourth-order valence-corrected chi connectivity index (χ4v) is 5.77. The van der Waals surface area contributed by atoms with Crippen LogP contribution >= 0.6 is 11.6 Å². The Hall–Kier alpha value is -4.49. The molecule has 2 atom stereocenters. The molecule has 0 radical (unpaired) electrons. The number of aryl methyl sites for hydroxylation is 1. The minimum atomic E-state index is -3.19.